The maximum absolute atomic E-state index is 11.6. The van der Waals surface area contributed by atoms with Gasteiger partial charge in [0.1, 0.15) is 17.3 Å². The zero-order valence-electron chi connectivity index (χ0n) is 11.7. The average Bonchev–Trinajstić information content (AvgIpc) is 2.67. The lowest BCUT2D eigenvalue weighted by molar-refractivity contribution is -0.115. The molecule has 1 aliphatic rings. The van der Waals surface area contributed by atoms with Crippen molar-refractivity contribution in [2.45, 2.75) is 26.7 Å². The summed E-state index contributed by atoms with van der Waals surface area (Å²) in [6.45, 7) is 5.99. The van der Waals surface area contributed by atoms with Gasteiger partial charge in [-0.25, -0.2) is 4.99 Å². The van der Waals surface area contributed by atoms with Gasteiger partial charge in [-0.2, -0.15) is 0 Å². The fourth-order valence-corrected chi connectivity index (χ4v) is 2.04. The highest BCUT2D eigenvalue weighted by Gasteiger charge is 2.17. The Bertz CT molecular complexity index is 572. The van der Waals surface area contributed by atoms with Gasteiger partial charge in [-0.3, -0.25) is 4.79 Å². The number of nitrogens with one attached hydrogen (secondary N) is 1. The molecule has 0 saturated heterocycles. The Balaban J connectivity index is 2.39. The second kappa shape index (κ2) is 5.26. The number of benzene rings is 1. The first-order valence-corrected chi connectivity index (χ1v) is 6.27. The third-order valence-electron chi connectivity index (χ3n) is 2.99. The van der Waals surface area contributed by atoms with Crippen molar-refractivity contribution in [3.8, 4) is 5.75 Å². The molecule has 0 bridgehead atoms. The molecule has 0 saturated carbocycles. The number of methoxy groups -OCH3 is 1. The van der Waals surface area contributed by atoms with E-state index in [1.54, 1.807) is 20.1 Å². The van der Waals surface area contributed by atoms with Gasteiger partial charge in [-0.05, 0) is 42.2 Å². The van der Waals surface area contributed by atoms with Crippen LogP contribution < -0.4 is 10.1 Å². The van der Waals surface area contributed by atoms with Crippen molar-refractivity contribution in [1.29, 1.82) is 0 Å². The molecule has 1 amide bonds. The van der Waals surface area contributed by atoms with Crippen molar-refractivity contribution in [2.75, 3.05) is 7.11 Å². The highest BCUT2D eigenvalue weighted by atomic mass is 16.5. The SMILES string of the molecule is COc1ccc(/C=C2/N=C(C)NC2=O)cc1C(C)C. The monoisotopic (exact) mass is 258 g/mol. The van der Waals surface area contributed by atoms with Crippen LogP contribution in [0.2, 0.25) is 0 Å². The van der Waals surface area contributed by atoms with Gasteiger partial charge in [0.25, 0.3) is 5.91 Å². The Hall–Kier alpha value is -2.10. The van der Waals surface area contributed by atoms with Crippen LogP contribution in [0.1, 0.15) is 37.8 Å². The molecule has 2 rings (SSSR count). The number of rotatable bonds is 3. The zero-order valence-corrected chi connectivity index (χ0v) is 11.7. The van der Waals surface area contributed by atoms with Gasteiger partial charge >= 0.3 is 0 Å². The van der Waals surface area contributed by atoms with E-state index in [1.807, 2.05) is 18.2 Å². The molecule has 0 spiro atoms. The number of hydrogen-bond donors (Lipinski definition) is 1. The predicted octanol–water partition coefficient (Wildman–Crippen LogP) is 2.71. The Morgan fingerprint density at radius 1 is 1.37 bits per heavy atom. The normalized spacial score (nSPS) is 16.8. The fraction of sp³-hybridized carbons (Fsp3) is 0.333. The summed E-state index contributed by atoms with van der Waals surface area (Å²) in [5, 5.41) is 2.67. The summed E-state index contributed by atoms with van der Waals surface area (Å²) in [5.74, 6) is 1.71. The lowest BCUT2D eigenvalue weighted by Gasteiger charge is -2.12. The lowest BCUT2D eigenvalue weighted by atomic mass is 9.99. The summed E-state index contributed by atoms with van der Waals surface area (Å²) in [6, 6.07) is 5.88. The van der Waals surface area contributed by atoms with E-state index in [4.69, 9.17) is 4.74 Å². The molecule has 4 heteroatoms. The maximum atomic E-state index is 11.6. The Kier molecular flexibility index (Phi) is 3.69. The van der Waals surface area contributed by atoms with Crippen LogP contribution in [-0.4, -0.2) is 18.9 Å². The maximum Gasteiger partial charge on any atom is 0.275 e. The molecular weight excluding hydrogens is 240 g/mol. The Morgan fingerprint density at radius 3 is 2.63 bits per heavy atom. The van der Waals surface area contributed by atoms with Crippen LogP contribution in [0.25, 0.3) is 6.08 Å². The molecule has 1 aromatic carbocycles. The lowest BCUT2D eigenvalue weighted by Crippen LogP contribution is -2.21. The molecule has 0 atom stereocenters. The minimum absolute atomic E-state index is 0.153. The quantitative estimate of drug-likeness (QED) is 0.847. The molecule has 0 unspecified atom stereocenters. The minimum atomic E-state index is -0.153. The van der Waals surface area contributed by atoms with Crippen molar-refractivity contribution in [1.82, 2.24) is 5.32 Å². The largest absolute Gasteiger partial charge is 0.496 e. The van der Waals surface area contributed by atoms with Gasteiger partial charge in [-0.15, -0.1) is 0 Å². The average molecular weight is 258 g/mol. The number of carbonyl (C=O) groups excluding carboxylic acids is 1. The number of amidine groups is 1. The van der Waals surface area contributed by atoms with Gasteiger partial charge in [-0.1, -0.05) is 19.9 Å². The van der Waals surface area contributed by atoms with Gasteiger partial charge < -0.3 is 10.1 Å². The molecule has 1 heterocycles. The van der Waals surface area contributed by atoms with Crippen molar-refractivity contribution >= 4 is 17.8 Å². The highest BCUT2D eigenvalue weighted by Crippen LogP contribution is 2.28. The van der Waals surface area contributed by atoms with Crippen molar-refractivity contribution in [3.05, 3.63) is 35.0 Å². The fourth-order valence-electron chi connectivity index (χ4n) is 2.04. The molecule has 19 heavy (non-hydrogen) atoms. The number of ether oxygens (including phenoxy) is 1. The second-order valence-corrected chi connectivity index (χ2v) is 4.84. The number of aliphatic imine (C=N–C) groups is 1. The minimum Gasteiger partial charge on any atom is -0.496 e. The summed E-state index contributed by atoms with van der Waals surface area (Å²) in [5.41, 5.74) is 2.52. The highest BCUT2D eigenvalue weighted by molar-refractivity contribution is 6.13. The van der Waals surface area contributed by atoms with E-state index in [1.165, 1.54) is 0 Å². The number of hydrogen-bond acceptors (Lipinski definition) is 3. The third kappa shape index (κ3) is 2.84. The standard InChI is InChI=1S/C15H18N2O2/c1-9(2)12-7-11(5-6-14(12)19-4)8-13-15(18)17-10(3)16-13/h5-9H,1-4H3,(H,16,17,18)/b13-8+. The number of amides is 1. The third-order valence-corrected chi connectivity index (χ3v) is 2.99. The van der Waals surface area contributed by atoms with Crippen LogP contribution in [0.3, 0.4) is 0 Å². The van der Waals surface area contributed by atoms with E-state index in [0.717, 1.165) is 16.9 Å². The molecule has 0 aliphatic carbocycles. The van der Waals surface area contributed by atoms with Crippen LogP contribution in [0.5, 0.6) is 5.75 Å². The van der Waals surface area contributed by atoms with Gasteiger partial charge in [0.15, 0.2) is 0 Å². The molecule has 0 aromatic heterocycles. The molecule has 0 radical (unpaired) electrons. The smallest absolute Gasteiger partial charge is 0.275 e. The van der Waals surface area contributed by atoms with E-state index in [-0.39, 0.29) is 5.91 Å². The zero-order chi connectivity index (χ0) is 14.0. The summed E-state index contributed by atoms with van der Waals surface area (Å²) in [7, 11) is 1.66. The molecule has 0 fully saturated rings. The Morgan fingerprint density at radius 2 is 2.11 bits per heavy atom. The van der Waals surface area contributed by atoms with Crippen LogP contribution in [-0.2, 0) is 4.79 Å². The summed E-state index contributed by atoms with van der Waals surface area (Å²) < 4.78 is 5.34. The van der Waals surface area contributed by atoms with Crippen molar-refractivity contribution in [3.63, 3.8) is 0 Å². The molecule has 4 nitrogen and oxygen atoms in total. The molecule has 1 aliphatic heterocycles. The predicted molar refractivity (Wildman–Crippen MR) is 76.3 cm³/mol. The second-order valence-electron chi connectivity index (χ2n) is 4.84. The van der Waals surface area contributed by atoms with E-state index in [9.17, 15) is 4.79 Å². The van der Waals surface area contributed by atoms with Crippen LogP contribution in [0.4, 0.5) is 0 Å². The topological polar surface area (TPSA) is 50.7 Å². The Labute approximate surface area is 113 Å². The molecule has 1 aromatic rings. The van der Waals surface area contributed by atoms with Gasteiger partial charge in [0.2, 0.25) is 0 Å². The van der Waals surface area contributed by atoms with Crippen LogP contribution in [0.15, 0.2) is 28.9 Å². The van der Waals surface area contributed by atoms with Crippen LogP contribution in [0, 0.1) is 0 Å². The van der Waals surface area contributed by atoms with E-state index < -0.39 is 0 Å². The van der Waals surface area contributed by atoms with Gasteiger partial charge in [0, 0.05) is 0 Å². The van der Waals surface area contributed by atoms with E-state index >= 15 is 0 Å². The van der Waals surface area contributed by atoms with Crippen molar-refractivity contribution < 1.29 is 9.53 Å². The first kappa shape index (κ1) is 13.3. The van der Waals surface area contributed by atoms with E-state index in [2.05, 4.69) is 24.2 Å². The molecule has 1 N–H and O–H groups in total. The van der Waals surface area contributed by atoms with Crippen molar-refractivity contribution in [2.24, 2.45) is 4.99 Å². The first-order valence-electron chi connectivity index (χ1n) is 6.27. The summed E-state index contributed by atoms with van der Waals surface area (Å²) in [4.78, 5) is 15.8. The van der Waals surface area contributed by atoms with E-state index in [0.29, 0.717) is 17.5 Å². The number of carbonyl (C=O) groups is 1. The number of nitrogens with zero attached hydrogens (tertiary/aromatic N) is 1. The van der Waals surface area contributed by atoms with Gasteiger partial charge in [0.05, 0.1) is 7.11 Å². The molecular formula is C15H18N2O2. The first-order chi connectivity index (χ1) is 9.01. The molecule has 100 valence electrons. The van der Waals surface area contributed by atoms with Crippen LogP contribution >= 0.6 is 0 Å². The summed E-state index contributed by atoms with van der Waals surface area (Å²) >= 11 is 0. The summed E-state index contributed by atoms with van der Waals surface area (Å²) in [6.07, 6.45) is 1.79.